The molecular weight excluding hydrogens is 914 g/mol. The molecule has 6 amide bonds. The molecule has 2 bridgehead atoms. The van der Waals surface area contributed by atoms with Gasteiger partial charge in [0, 0.05) is 20.0 Å². The van der Waals surface area contributed by atoms with Gasteiger partial charge in [0.1, 0.15) is 60.9 Å². The number of esters is 1. The summed E-state index contributed by atoms with van der Waals surface area (Å²) in [6.07, 6.45) is -5.62. The van der Waals surface area contributed by atoms with Gasteiger partial charge in [-0.25, -0.2) is 8.98 Å². The molecule has 12 N–H and O–H groups in total. The summed E-state index contributed by atoms with van der Waals surface area (Å²) in [6.45, 7) is 6.53. The maximum absolute atomic E-state index is 14.8. The fourth-order valence-electron chi connectivity index (χ4n) is 7.31. The number of piperidine rings is 1. The van der Waals surface area contributed by atoms with Gasteiger partial charge in [0.05, 0.1) is 5.02 Å². The minimum Gasteiger partial charge on any atom is -0.506 e. The monoisotopic (exact) mass is 975 g/mol. The second-order valence-corrected chi connectivity index (χ2v) is 17.9. The van der Waals surface area contributed by atoms with Crippen LogP contribution in [0.5, 0.6) is 5.75 Å². The Morgan fingerprint density at radius 1 is 1.02 bits per heavy atom. The second-order valence-electron chi connectivity index (χ2n) is 16.4. The Balaban J connectivity index is 2.26. The van der Waals surface area contributed by atoms with E-state index in [1.165, 1.54) is 25.2 Å². The number of aliphatic hydroxyl groups is 2. The summed E-state index contributed by atoms with van der Waals surface area (Å²) < 4.78 is 41.1. The fourth-order valence-corrected chi connectivity index (χ4v) is 7.81. The number of phenolic OH excluding ortho intramolecular Hbond substituents is 1. The van der Waals surface area contributed by atoms with E-state index in [2.05, 4.69) is 30.4 Å². The molecule has 2 aliphatic heterocycles. The van der Waals surface area contributed by atoms with E-state index in [0.717, 1.165) is 16.7 Å². The number of nitrogens with two attached hydrogens (primary N) is 2. The molecule has 24 nitrogen and oxygen atoms in total. The molecule has 26 heteroatoms. The summed E-state index contributed by atoms with van der Waals surface area (Å²) in [7, 11) is -3.83. The van der Waals surface area contributed by atoms with E-state index in [1.807, 2.05) is 0 Å². The number of nitrogens with one attached hydrogen (secondary N) is 4. The molecule has 0 radical (unpaired) electrons. The largest absolute Gasteiger partial charge is 0.506 e. The molecule has 66 heavy (non-hydrogen) atoms. The average molecular weight is 977 g/mol. The molecule has 2 fully saturated rings. The lowest BCUT2D eigenvalue weighted by molar-refractivity contribution is -0.168. The first-order valence-corrected chi connectivity index (χ1v) is 23.1. The highest BCUT2D eigenvalue weighted by Crippen LogP contribution is 2.29. The van der Waals surface area contributed by atoms with Gasteiger partial charge in [-0.3, -0.25) is 38.3 Å². The van der Waals surface area contributed by atoms with Gasteiger partial charge in [-0.15, -0.1) is 0 Å². The number of guanidine groups is 1. The lowest BCUT2D eigenvalue weighted by atomic mass is 9.91. The number of cyclic esters (lactones) is 1. The van der Waals surface area contributed by atoms with E-state index in [0.29, 0.717) is 12.0 Å². The molecule has 0 aliphatic carbocycles. The summed E-state index contributed by atoms with van der Waals surface area (Å²) >= 11 is 6.22. The van der Waals surface area contributed by atoms with E-state index in [9.17, 15) is 57.3 Å². The van der Waals surface area contributed by atoms with Gasteiger partial charge < -0.3 is 62.6 Å². The van der Waals surface area contributed by atoms with Gasteiger partial charge in [-0.1, -0.05) is 58.2 Å². The standard InChI is InChI=1S/C40H62ClN9O15S/c1-7-19(3)30-39(60)65-21(5)31(48-35(56)28(52)18-64-66(61,62)63)36(57)45-24(10-9-15-44-40(42)43)33(54)46-25-12-14-29(53)50(37(25)58)32(20(4)8-2)38(59)49(6)26(34(55)47-30)17-22-11-13-27(51)23(41)16-22/h11,13,16,19-21,24-26,28-32,51-53H,7-10,12,14-15,17-18H2,1-6H3,(H,45,57)(H,46,54)(H,47,55)(H,48,56)(H4,42,43,44)(H,61,62,63)/t19-,20-,21+,24-,25-,26-,28-,29+,30-,31-,32+/m0/s1. The highest BCUT2D eigenvalue weighted by atomic mass is 35.5. The average Bonchev–Trinajstić information content (AvgIpc) is 3.25. The Bertz CT molecular complexity index is 2080. The Morgan fingerprint density at radius 3 is 2.26 bits per heavy atom. The quantitative estimate of drug-likeness (QED) is 0.0297. The Morgan fingerprint density at radius 2 is 1.67 bits per heavy atom. The predicted octanol–water partition coefficient (Wildman–Crippen LogP) is -2.06. The van der Waals surface area contributed by atoms with Crippen LogP contribution in [0.2, 0.25) is 5.02 Å². The molecule has 1 aromatic rings. The van der Waals surface area contributed by atoms with E-state index in [4.69, 9.17) is 32.4 Å². The lowest BCUT2D eigenvalue weighted by Crippen LogP contribution is -2.66. The number of carbonyl (C=O) groups is 7. The van der Waals surface area contributed by atoms with Crippen LogP contribution in [0.3, 0.4) is 0 Å². The van der Waals surface area contributed by atoms with Crippen LogP contribution in [0, 0.1) is 11.8 Å². The van der Waals surface area contributed by atoms with Crippen molar-refractivity contribution in [1.82, 2.24) is 31.1 Å². The molecule has 3 rings (SSSR count). The number of hydrogen-bond acceptors (Lipinski definition) is 15. The number of aliphatic imine (C=N–C) groups is 1. The van der Waals surface area contributed by atoms with E-state index < -0.39 is 125 Å². The van der Waals surface area contributed by atoms with Gasteiger partial charge in [-0.05, 0) is 62.1 Å². The van der Waals surface area contributed by atoms with E-state index in [1.54, 1.807) is 27.7 Å². The Hall–Kier alpha value is -5.34. The van der Waals surface area contributed by atoms with Crippen molar-refractivity contribution in [2.24, 2.45) is 28.3 Å². The maximum atomic E-state index is 14.8. The number of aromatic hydroxyl groups is 1. The van der Waals surface area contributed by atoms with Crippen molar-refractivity contribution in [2.45, 2.75) is 134 Å². The van der Waals surface area contributed by atoms with Gasteiger partial charge in [0.2, 0.25) is 29.5 Å². The van der Waals surface area contributed by atoms with Crippen molar-refractivity contribution < 1.29 is 70.8 Å². The van der Waals surface area contributed by atoms with Crippen molar-refractivity contribution in [3.8, 4) is 5.75 Å². The number of phenols is 1. The van der Waals surface area contributed by atoms with Gasteiger partial charge in [0.25, 0.3) is 5.91 Å². The normalized spacial score (nSPS) is 26.6. The number of hydrogen-bond donors (Lipinski definition) is 10. The summed E-state index contributed by atoms with van der Waals surface area (Å²) in [5.41, 5.74) is 11.3. The lowest BCUT2D eigenvalue weighted by Gasteiger charge is -2.44. The third-order valence-corrected chi connectivity index (χ3v) is 12.3. The highest BCUT2D eigenvalue weighted by Gasteiger charge is 2.47. The Kier molecular flexibility index (Phi) is 20.4. The first-order valence-electron chi connectivity index (χ1n) is 21.3. The van der Waals surface area contributed by atoms with Crippen molar-refractivity contribution in [3.05, 3.63) is 28.8 Å². The summed E-state index contributed by atoms with van der Waals surface area (Å²) in [5, 5.41) is 41.7. The number of likely N-dealkylation sites (N-methyl/N-ethyl adjacent to an activating group) is 1. The number of benzene rings is 1. The van der Waals surface area contributed by atoms with Gasteiger partial charge >= 0.3 is 16.4 Å². The molecule has 0 spiro atoms. The summed E-state index contributed by atoms with van der Waals surface area (Å²) in [6, 6.07) is -5.13. The van der Waals surface area contributed by atoms with Crippen molar-refractivity contribution >= 4 is 69.4 Å². The van der Waals surface area contributed by atoms with Crippen molar-refractivity contribution in [1.29, 1.82) is 0 Å². The highest BCUT2D eigenvalue weighted by molar-refractivity contribution is 7.80. The number of rotatable bonds is 15. The van der Waals surface area contributed by atoms with E-state index in [-0.39, 0.29) is 61.8 Å². The van der Waals surface area contributed by atoms with Gasteiger partial charge in [0.15, 0.2) is 12.1 Å². The minimum atomic E-state index is -5.14. The zero-order chi connectivity index (χ0) is 49.8. The molecule has 11 atom stereocenters. The number of halogens is 1. The zero-order valence-corrected chi connectivity index (χ0v) is 39.1. The smallest absolute Gasteiger partial charge is 0.397 e. The third-order valence-electron chi connectivity index (χ3n) is 11.6. The van der Waals surface area contributed by atoms with Crippen LogP contribution in [-0.2, 0) is 59.3 Å². The van der Waals surface area contributed by atoms with Gasteiger partial charge in [-0.2, -0.15) is 8.42 Å². The molecule has 2 saturated heterocycles. The number of amides is 6. The maximum Gasteiger partial charge on any atom is 0.397 e. The molecule has 0 unspecified atom stereocenters. The fraction of sp³-hybridized carbons (Fsp3) is 0.650. The minimum absolute atomic E-state index is 0.0336. The summed E-state index contributed by atoms with van der Waals surface area (Å²) in [5.74, 6) is -9.14. The number of ether oxygens (including phenoxy) is 1. The predicted molar refractivity (Wildman–Crippen MR) is 235 cm³/mol. The first-order chi connectivity index (χ1) is 30.8. The van der Waals surface area contributed by atoms with Crippen molar-refractivity contribution in [2.75, 3.05) is 20.2 Å². The zero-order valence-electron chi connectivity index (χ0n) is 37.5. The van der Waals surface area contributed by atoms with E-state index >= 15 is 0 Å². The van der Waals surface area contributed by atoms with Crippen LogP contribution in [0.1, 0.15) is 78.7 Å². The molecular formula is C40H62ClN9O15S. The van der Waals surface area contributed by atoms with Crippen LogP contribution < -0.4 is 32.7 Å². The number of aliphatic hydroxyl groups excluding tert-OH is 2. The van der Waals surface area contributed by atoms with Crippen LogP contribution in [0.4, 0.5) is 0 Å². The van der Waals surface area contributed by atoms with Crippen LogP contribution in [-0.4, -0.2) is 160 Å². The number of nitrogens with zero attached hydrogens (tertiary/aromatic N) is 3. The molecule has 370 valence electrons. The third kappa shape index (κ3) is 15.1. The number of carbonyl (C=O) groups excluding carboxylic acids is 7. The first kappa shape index (κ1) is 55.0. The van der Waals surface area contributed by atoms with Crippen LogP contribution in [0.15, 0.2) is 23.2 Å². The summed E-state index contributed by atoms with van der Waals surface area (Å²) in [4.78, 5) is 105. The molecule has 2 aliphatic rings. The molecule has 0 saturated carbocycles. The van der Waals surface area contributed by atoms with Crippen LogP contribution in [0.25, 0.3) is 0 Å². The Labute approximate surface area is 387 Å². The molecule has 0 aromatic heterocycles. The van der Waals surface area contributed by atoms with Crippen LogP contribution >= 0.6 is 11.6 Å². The number of fused-ring (bicyclic) bond motifs is 2. The topological polar surface area (TPSA) is 372 Å². The SMILES string of the molecule is CC[C@H](C)[C@@H]1NC(=O)[C@H](Cc2ccc(O)c(Cl)c2)N(C)C(=O)[C@@H]([C@@H](C)CC)N2C(=O)[C@H](CC[C@H]2O)NC(=O)[C@H](CCCN=C(N)N)NC(=O)[C@@H](NC(=O)[C@@H](O)COS(=O)(=O)O)[C@@H](C)OC1=O. The second kappa shape index (κ2) is 24.4. The molecule has 2 heterocycles. The molecule has 1 aromatic carbocycles. The van der Waals surface area contributed by atoms with Crippen molar-refractivity contribution in [3.63, 3.8) is 0 Å².